The van der Waals surface area contributed by atoms with Crippen LogP contribution in [0, 0.1) is 17.8 Å². The van der Waals surface area contributed by atoms with Crippen molar-refractivity contribution in [1.29, 1.82) is 0 Å². The zero-order valence-corrected chi connectivity index (χ0v) is 12.6. The second-order valence-corrected chi connectivity index (χ2v) is 7.78. The Labute approximate surface area is 121 Å². The van der Waals surface area contributed by atoms with E-state index in [1.165, 1.54) is 32.7 Å². The van der Waals surface area contributed by atoms with E-state index in [1.54, 1.807) is 12.1 Å². The maximum absolute atomic E-state index is 12.0. The van der Waals surface area contributed by atoms with Crippen LogP contribution in [0.1, 0.15) is 25.7 Å². The molecular weight excluding hydrogens is 272 g/mol. The molecule has 2 saturated carbocycles. The van der Waals surface area contributed by atoms with Crippen molar-refractivity contribution in [2.75, 3.05) is 18.9 Å². The van der Waals surface area contributed by atoms with Crippen molar-refractivity contribution in [2.45, 2.75) is 30.6 Å². The first kappa shape index (κ1) is 13.9. The molecule has 1 aromatic carbocycles. The minimum Gasteiger partial charge on any atom is -0.384 e. The van der Waals surface area contributed by atoms with Crippen LogP contribution in [0.2, 0.25) is 0 Å². The number of benzene rings is 1. The summed E-state index contributed by atoms with van der Waals surface area (Å²) in [5.74, 6) is 2.45. The molecule has 0 aliphatic heterocycles. The van der Waals surface area contributed by atoms with Gasteiger partial charge in [-0.1, -0.05) is 12.1 Å². The highest BCUT2D eigenvalue weighted by atomic mass is 32.2. The van der Waals surface area contributed by atoms with Gasteiger partial charge in [-0.2, -0.15) is 0 Å². The Balaban J connectivity index is 1.73. The van der Waals surface area contributed by atoms with Crippen LogP contribution >= 0.6 is 0 Å². The molecule has 0 amide bonds. The molecule has 110 valence electrons. The smallest absolute Gasteiger partial charge is 0.242 e. The predicted octanol–water partition coefficient (Wildman–Crippen LogP) is 2.44. The molecule has 0 bridgehead atoms. The molecule has 0 spiro atoms. The molecule has 2 fully saturated rings. The summed E-state index contributed by atoms with van der Waals surface area (Å²) >= 11 is 0. The van der Waals surface area contributed by atoms with E-state index in [0.29, 0.717) is 10.6 Å². The quantitative estimate of drug-likeness (QED) is 0.812. The molecule has 4 nitrogen and oxygen atoms in total. The zero-order chi connectivity index (χ0) is 14.2. The molecular formula is C15H22N2O2S. The third kappa shape index (κ3) is 2.99. The van der Waals surface area contributed by atoms with Crippen LogP contribution in [0.3, 0.4) is 0 Å². The SMILES string of the molecule is CNS(=O)(=O)c1ccccc1NCC(C1CC1)C1CC1. The molecule has 0 atom stereocenters. The molecule has 3 rings (SSSR count). The molecule has 5 heteroatoms. The number of rotatable bonds is 7. The normalized spacial score (nSPS) is 19.3. The molecule has 0 heterocycles. The fourth-order valence-electron chi connectivity index (χ4n) is 2.95. The van der Waals surface area contributed by atoms with Gasteiger partial charge in [0.25, 0.3) is 0 Å². The average Bonchev–Trinajstić information content (AvgIpc) is 3.32. The molecule has 0 unspecified atom stereocenters. The minimum atomic E-state index is -3.40. The minimum absolute atomic E-state index is 0.341. The average molecular weight is 294 g/mol. The molecule has 0 aromatic heterocycles. The van der Waals surface area contributed by atoms with E-state index in [1.807, 2.05) is 12.1 Å². The summed E-state index contributed by atoms with van der Waals surface area (Å²) in [4.78, 5) is 0.341. The molecule has 0 saturated heterocycles. The van der Waals surface area contributed by atoms with Crippen LogP contribution in [-0.2, 0) is 10.0 Å². The highest BCUT2D eigenvalue weighted by molar-refractivity contribution is 7.89. The fraction of sp³-hybridized carbons (Fsp3) is 0.600. The zero-order valence-electron chi connectivity index (χ0n) is 11.8. The highest BCUT2D eigenvalue weighted by Gasteiger charge is 2.41. The summed E-state index contributed by atoms with van der Waals surface area (Å²) in [5, 5.41) is 3.38. The van der Waals surface area contributed by atoms with Gasteiger partial charge < -0.3 is 5.32 Å². The second-order valence-electron chi connectivity index (χ2n) is 5.92. The first-order valence-electron chi connectivity index (χ1n) is 7.38. The van der Waals surface area contributed by atoms with E-state index < -0.39 is 10.0 Å². The van der Waals surface area contributed by atoms with Crippen LogP contribution in [0.4, 0.5) is 5.69 Å². The summed E-state index contributed by atoms with van der Waals surface area (Å²) in [6, 6.07) is 7.13. The van der Waals surface area contributed by atoms with Gasteiger partial charge in [-0.25, -0.2) is 13.1 Å². The van der Waals surface area contributed by atoms with E-state index in [9.17, 15) is 8.42 Å². The van der Waals surface area contributed by atoms with Gasteiger partial charge in [-0.15, -0.1) is 0 Å². The Hall–Kier alpha value is -1.07. The number of para-hydroxylation sites is 1. The third-order valence-electron chi connectivity index (χ3n) is 4.43. The third-order valence-corrected chi connectivity index (χ3v) is 5.90. The van der Waals surface area contributed by atoms with E-state index in [2.05, 4.69) is 10.0 Å². The molecule has 2 aliphatic rings. The van der Waals surface area contributed by atoms with Crippen molar-refractivity contribution in [3.05, 3.63) is 24.3 Å². The van der Waals surface area contributed by atoms with Crippen LogP contribution < -0.4 is 10.0 Å². The van der Waals surface area contributed by atoms with Crippen LogP contribution in [0.5, 0.6) is 0 Å². The molecule has 2 N–H and O–H groups in total. The number of anilines is 1. The van der Waals surface area contributed by atoms with Crippen molar-refractivity contribution in [3.8, 4) is 0 Å². The van der Waals surface area contributed by atoms with Gasteiger partial charge in [0, 0.05) is 6.54 Å². The monoisotopic (exact) mass is 294 g/mol. The Kier molecular flexibility index (Phi) is 3.73. The van der Waals surface area contributed by atoms with Gasteiger partial charge in [0.1, 0.15) is 4.90 Å². The topological polar surface area (TPSA) is 58.2 Å². The Morgan fingerprint density at radius 2 is 1.75 bits per heavy atom. The summed E-state index contributed by atoms with van der Waals surface area (Å²) in [6.07, 6.45) is 5.39. The van der Waals surface area contributed by atoms with Crippen molar-refractivity contribution >= 4 is 15.7 Å². The number of hydrogen-bond acceptors (Lipinski definition) is 3. The number of nitrogens with one attached hydrogen (secondary N) is 2. The molecule has 2 aliphatic carbocycles. The van der Waals surface area contributed by atoms with Gasteiger partial charge in [0.05, 0.1) is 5.69 Å². The summed E-state index contributed by atoms with van der Waals surface area (Å²) in [6.45, 7) is 0.894. The van der Waals surface area contributed by atoms with Gasteiger partial charge in [-0.05, 0) is 62.6 Å². The van der Waals surface area contributed by atoms with E-state index in [0.717, 1.165) is 24.3 Å². The standard InChI is InChI=1S/C15H22N2O2S/c1-16-20(18,19)15-5-3-2-4-14(15)17-10-13(11-6-7-11)12-8-9-12/h2-5,11-13,16-17H,6-10H2,1H3. The molecule has 0 radical (unpaired) electrons. The van der Waals surface area contributed by atoms with Gasteiger partial charge in [-0.3, -0.25) is 0 Å². The largest absolute Gasteiger partial charge is 0.384 e. The number of sulfonamides is 1. The molecule has 1 aromatic rings. The summed E-state index contributed by atoms with van der Waals surface area (Å²) < 4.78 is 26.4. The summed E-state index contributed by atoms with van der Waals surface area (Å²) in [7, 11) is -1.95. The van der Waals surface area contributed by atoms with Crippen molar-refractivity contribution in [2.24, 2.45) is 17.8 Å². The molecule has 20 heavy (non-hydrogen) atoms. The van der Waals surface area contributed by atoms with E-state index in [4.69, 9.17) is 0 Å². The van der Waals surface area contributed by atoms with Crippen molar-refractivity contribution in [1.82, 2.24) is 4.72 Å². The van der Waals surface area contributed by atoms with E-state index in [-0.39, 0.29) is 0 Å². The lowest BCUT2D eigenvalue weighted by Gasteiger charge is -2.18. The lowest BCUT2D eigenvalue weighted by atomic mass is 9.98. The highest BCUT2D eigenvalue weighted by Crippen LogP contribution is 2.49. The fourth-order valence-corrected chi connectivity index (χ4v) is 3.86. The van der Waals surface area contributed by atoms with Gasteiger partial charge in [0.15, 0.2) is 0 Å². The maximum atomic E-state index is 12.0. The Bertz CT molecular complexity index is 565. The number of hydrogen-bond donors (Lipinski definition) is 2. The first-order valence-corrected chi connectivity index (χ1v) is 8.86. The predicted molar refractivity (Wildman–Crippen MR) is 80.1 cm³/mol. The van der Waals surface area contributed by atoms with E-state index >= 15 is 0 Å². The lowest BCUT2D eigenvalue weighted by Crippen LogP contribution is -2.22. The van der Waals surface area contributed by atoms with Crippen LogP contribution in [0.25, 0.3) is 0 Å². The van der Waals surface area contributed by atoms with Gasteiger partial charge >= 0.3 is 0 Å². The van der Waals surface area contributed by atoms with Gasteiger partial charge in [0.2, 0.25) is 10.0 Å². The van der Waals surface area contributed by atoms with Crippen molar-refractivity contribution in [3.63, 3.8) is 0 Å². The Morgan fingerprint density at radius 3 is 2.30 bits per heavy atom. The first-order chi connectivity index (χ1) is 9.62. The second kappa shape index (κ2) is 5.37. The van der Waals surface area contributed by atoms with Crippen molar-refractivity contribution < 1.29 is 8.42 Å². The maximum Gasteiger partial charge on any atom is 0.242 e. The summed E-state index contributed by atoms with van der Waals surface area (Å²) in [5.41, 5.74) is 0.716. The van der Waals surface area contributed by atoms with Crippen LogP contribution in [0.15, 0.2) is 29.2 Å². The Morgan fingerprint density at radius 1 is 1.15 bits per heavy atom. The lowest BCUT2D eigenvalue weighted by molar-refractivity contribution is 0.428. The van der Waals surface area contributed by atoms with Crippen LogP contribution in [-0.4, -0.2) is 22.0 Å².